The molecule has 2 rings (SSSR count). The van der Waals surface area contributed by atoms with Crippen molar-refractivity contribution in [3.63, 3.8) is 0 Å². The van der Waals surface area contributed by atoms with Crippen LogP contribution in [0, 0.1) is 0 Å². The number of nitrogens with two attached hydrogens (primary N) is 1. The molecule has 1 aromatic carbocycles. The molecule has 0 radical (unpaired) electrons. The number of nitrogen functional groups attached to an aromatic ring is 1. The van der Waals surface area contributed by atoms with E-state index >= 15 is 0 Å². The minimum Gasteiger partial charge on any atom is -0.496 e. The van der Waals surface area contributed by atoms with Crippen LogP contribution in [-0.2, 0) is 9.47 Å². The third kappa shape index (κ3) is 3.80. The number of carbonyl (C=O) groups excluding carboxylic acids is 1. The number of carbonyl (C=O) groups is 1. The lowest BCUT2D eigenvalue weighted by molar-refractivity contribution is -0.0150. The van der Waals surface area contributed by atoms with Crippen molar-refractivity contribution >= 4 is 23.3 Å². The molecule has 1 aliphatic rings. The molecule has 5 nitrogen and oxygen atoms in total. The molecule has 0 heterocycles. The highest BCUT2D eigenvalue weighted by atomic mass is 35.5. The highest BCUT2D eigenvalue weighted by Crippen LogP contribution is 2.31. The van der Waals surface area contributed by atoms with Crippen molar-refractivity contribution in [2.45, 2.75) is 37.9 Å². The fourth-order valence-corrected chi connectivity index (χ4v) is 2.70. The van der Waals surface area contributed by atoms with E-state index in [0.29, 0.717) is 22.9 Å². The number of anilines is 1. The van der Waals surface area contributed by atoms with E-state index in [0.717, 1.165) is 19.3 Å². The van der Waals surface area contributed by atoms with E-state index in [1.807, 2.05) is 0 Å². The van der Waals surface area contributed by atoms with Gasteiger partial charge in [-0.15, -0.1) is 0 Å². The van der Waals surface area contributed by atoms with E-state index in [9.17, 15) is 4.79 Å². The second kappa shape index (κ2) is 7.00. The summed E-state index contributed by atoms with van der Waals surface area (Å²) in [5.74, 6) is -0.0866. The minimum absolute atomic E-state index is 0.141. The molecule has 2 atom stereocenters. The van der Waals surface area contributed by atoms with Crippen molar-refractivity contribution in [3.8, 4) is 5.75 Å². The van der Waals surface area contributed by atoms with Crippen LogP contribution < -0.4 is 10.5 Å². The summed E-state index contributed by atoms with van der Waals surface area (Å²) >= 11 is 5.97. The summed E-state index contributed by atoms with van der Waals surface area (Å²) in [7, 11) is 3.15. The van der Waals surface area contributed by atoms with E-state index in [-0.39, 0.29) is 17.8 Å². The van der Waals surface area contributed by atoms with Gasteiger partial charge in [-0.05, 0) is 25.3 Å². The Balaban J connectivity index is 2.11. The maximum atomic E-state index is 12.3. The van der Waals surface area contributed by atoms with Crippen LogP contribution in [-0.4, -0.2) is 32.4 Å². The highest BCUT2D eigenvalue weighted by Gasteiger charge is 2.26. The maximum absolute atomic E-state index is 12.3. The Kier molecular flexibility index (Phi) is 5.31. The van der Waals surface area contributed by atoms with Crippen molar-refractivity contribution in [1.29, 1.82) is 0 Å². The number of methoxy groups -OCH3 is 2. The molecule has 116 valence electrons. The quantitative estimate of drug-likeness (QED) is 0.683. The molecule has 1 fully saturated rings. The van der Waals surface area contributed by atoms with Crippen molar-refractivity contribution in [3.05, 3.63) is 22.7 Å². The summed E-state index contributed by atoms with van der Waals surface area (Å²) in [4.78, 5) is 12.3. The Labute approximate surface area is 129 Å². The van der Waals surface area contributed by atoms with Crippen LogP contribution in [0.2, 0.25) is 5.02 Å². The Bertz CT molecular complexity index is 521. The smallest absolute Gasteiger partial charge is 0.342 e. The molecule has 0 aromatic heterocycles. The molecule has 21 heavy (non-hydrogen) atoms. The van der Waals surface area contributed by atoms with Crippen LogP contribution >= 0.6 is 11.6 Å². The molecular weight excluding hydrogens is 294 g/mol. The van der Waals surface area contributed by atoms with Crippen LogP contribution in [0.15, 0.2) is 12.1 Å². The van der Waals surface area contributed by atoms with Gasteiger partial charge >= 0.3 is 5.97 Å². The van der Waals surface area contributed by atoms with E-state index < -0.39 is 5.97 Å². The second-order valence-electron chi connectivity index (χ2n) is 5.13. The van der Waals surface area contributed by atoms with Gasteiger partial charge < -0.3 is 19.9 Å². The molecule has 2 unspecified atom stereocenters. The average molecular weight is 314 g/mol. The Morgan fingerprint density at radius 2 is 2.00 bits per heavy atom. The number of rotatable bonds is 4. The largest absolute Gasteiger partial charge is 0.496 e. The predicted octanol–water partition coefficient (Wildman–Crippen LogP) is 3.05. The summed E-state index contributed by atoms with van der Waals surface area (Å²) in [5.41, 5.74) is 6.36. The number of halogens is 1. The molecule has 0 spiro atoms. The first-order valence-corrected chi connectivity index (χ1v) is 7.29. The molecule has 0 aliphatic heterocycles. The fraction of sp³-hybridized carbons (Fsp3) is 0.533. The summed E-state index contributed by atoms with van der Waals surface area (Å²) in [5, 5.41) is 0.307. The van der Waals surface area contributed by atoms with Gasteiger partial charge in [-0.25, -0.2) is 4.79 Å². The van der Waals surface area contributed by atoms with Crippen LogP contribution in [0.1, 0.15) is 36.0 Å². The summed E-state index contributed by atoms with van der Waals surface area (Å²) in [6, 6.07) is 3.01. The first kappa shape index (κ1) is 15.9. The fourth-order valence-electron chi connectivity index (χ4n) is 2.54. The van der Waals surface area contributed by atoms with E-state index in [1.165, 1.54) is 19.2 Å². The van der Waals surface area contributed by atoms with Crippen LogP contribution in [0.3, 0.4) is 0 Å². The maximum Gasteiger partial charge on any atom is 0.342 e. The Morgan fingerprint density at radius 1 is 1.29 bits per heavy atom. The number of hydrogen-bond donors (Lipinski definition) is 1. The zero-order valence-corrected chi connectivity index (χ0v) is 13.0. The van der Waals surface area contributed by atoms with Gasteiger partial charge in [0.15, 0.2) is 0 Å². The zero-order chi connectivity index (χ0) is 15.4. The molecule has 1 aromatic rings. The first-order valence-electron chi connectivity index (χ1n) is 6.92. The second-order valence-corrected chi connectivity index (χ2v) is 5.53. The lowest BCUT2D eigenvalue weighted by atomic mass is 9.95. The Hall–Kier alpha value is -1.46. The Morgan fingerprint density at radius 3 is 2.67 bits per heavy atom. The number of esters is 1. The van der Waals surface area contributed by atoms with Crippen molar-refractivity contribution in [2.75, 3.05) is 20.0 Å². The summed E-state index contributed by atoms with van der Waals surface area (Å²) < 4.78 is 16.1. The standard InChI is InChI=1S/C15H20ClNO4/c1-19-9-4-3-5-10(6-9)21-15(18)11-7-12(16)13(17)8-14(11)20-2/h7-10H,3-6,17H2,1-2H3. The third-order valence-electron chi connectivity index (χ3n) is 3.72. The van der Waals surface area contributed by atoms with Crippen LogP contribution in [0.25, 0.3) is 0 Å². The van der Waals surface area contributed by atoms with Gasteiger partial charge in [0.05, 0.1) is 23.9 Å². The predicted molar refractivity (Wildman–Crippen MR) is 80.9 cm³/mol. The third-order valence-corrected chi connectivity index (χ3v) is 4.05. The van der Waals surface area contributed by atoms with E-state index in [1.54, 1.807) is 7.11 Å². The zero-order valence-electron chi connectivity index (χ0n) is 12.2. The van der Waals surface area contributed by atoms with Crippen molar-refractivity contribution in [1.82, 2.24) is 0 Å². The molecule has 0 saturated heterocycles. The topological polar surface area (TPSA) is 70.8 Å². The normalized spacial score (nSPS) is 21.9. The van der Waals surface area contributed by atoms with Gasteiger partial charge in [-0.3, -0.25) is 0 Å². The van der Waals surface area contributed by atoms with Gasteiger partial charge in [0.25, 0.3) is 0 Å². The number of hydrogen-bond acceptors (Lipinski definition) is 5. The lowest BCUT2D eigenvalue weighted by Crippen LogP contribution is -2.29. The van der Waals surface area contributed by atoms with Gasteiger partial charge in [-0.1, -0.05) is 11.6 Å². The van der Waals surface area contributed by atoms with Crippen LogP contribution in [0.4, 0.5) is 5.69 Å². The molecule has 0 amide bonds. The van der Waals surface area contributed by atoms with E-state index in [4.69, 9.17) is 31.5 Å². The molecular formula is C15H20ClNO4. The van der Waals surface area contributed by atoms with Gasteiger partial charge in [0, 0.05) is 19.6 Å². The van der Waals surface area contributed by atoms with Gasteiger partial charge in [0.2, 0.25) is 0 Å². The SMILES string of the molecule is COc1cc(N)c(Cl)cc1C(=O)OC1CCCC(OC)C1. The molecule has 1 saturated carbocycles. The highest BCUT2D eigenvalue weighted by molar-refractivity contribution is 6.33. The van der Waals surface area contributed by atoms with Gasteiger partial charge in [0.1, 0.15) is 17.4 Å². The summed E-state index contributed by atoms with van der Waals surface area (Å²) in [6.45, 7) is 0. The molecule has 6 heteroatoms. The van der Waals surface area contributed by atoms with Crippen LogP contribution in [0.5, 0.6) is 5.75 Å². The summed E-state index contributed by atoms with van der Waals surface area (Å²) in [6.07, 6.45) is 3.55. The van der Waals surface area contributed by atoms with Crippen molar-refractivity contribution < 1.29 is 19.0 Å². The molecule has 2 N–H and O–H groups in total. The number of benzene rings is 1. The molecule has 0 bridgehead atoms. The average Bonchev–Trinajstić information content (AvgIpc) is 2.49. The lowest BCUT2D eigenvalue weighted by Gasteiger charge is -2.28. The van der Waals surface area contributed by atoms with E-state index in [2.05, 4.69) is 0 Å². The van der Waals surface area contributed by atoms with Crippen molar-refractivity contribution in [2.24, 2.45) is 0 Å². The number of ether oxygens (including phenoxy) is 3. The van der Waals surface area contributed by atoms with Gasteiger partial charge in [-0.2, -0.15) is 0 Å². The first-order chi connectivity index (χ1) is 10.0. The minimum atomic E-state index is -0.449. The molecule has 1 aliphatic carbocycles. The monoisotopic (exact) mass is 313 g/mol.